The van der Waals surface area contributed by atoms with Crippen LogP contribution < -0.4 is 4.90 Å². The van der Waals surface area contributed by atoms with Gasteiger partial charge >= 0.3 is 0 Å². The number of fused-ring (bicyclic) bond motifs is 2. The smallest absolute Gasteiger partial charge is 0.239 e. The fourth-order valence-corrected chi connectivity index (χ4v) is 5.50. The van der Waals surface area contributed by atoms with E-state index >= 15 is 0 Å². The fourth-order valence-electron chi connectivity index (χ4n) is 3.62. The molecule has 9 heteroatoms. The minimum Gasteiger partial charge on any atom is -0.283 e. The minimum absolute atomic E-state index is 0.0204. The summed E-state index contributed by atoms with van der Waals surface area (Å²) >= 11 is 2.95. The lowest BCUT2D eigenvalue weighted by Gasteiger charge is -2.20. The minimum atomic E-state index is -0.0204. The Morgan fingerprint density at radius 2 is 1.94 bits per heavy atom. The highest BCUT2D eigenvalue weighted by molar-refractivity contribution is 8.00. The molecule has 5 aromatic rings. The Hall–Kier alpha value is -3.30. The van der Waals surface area contributed by atoms with E-state index < -0.39 is 0 Å². The molecule has 0 radical (unpaired) electrons. The molecule has 3 heterocycles. The van der Waals surface area contributed by atoms with Crippen molar-refractivity contribution < 1.29 is 4.79 Å². The van der Waals surface area contributed by atoms with Crippen molar-refractivity contribution in [3.63, 3.8) is 0 Å². The standard InChI is InChI=1S/C24H22N6OS2/c1-15-9-10-19-21(16(15)2)28-24(33-19)30(12-17-7-5-4-6-8-17)20(31)13-32-23-18-11-27-29(3)22(18)25-14-26-23/h4-11,14H,12-13H2,1-3H3. The van der Waals surface area contributed by atoms with Gasteiger partial charge in [-0.05, 0) is 36.6 Å². The molecule has 5 rings (SSSR count). The molecule has 0 unspecified atom stereocenters. The van der Waals surface area contributed by atoms with Crippen LogP contribution in [0.25, 0.3) is 21.3 Å². The van der Waals surface area contributed by atoms with Gasteiger partial charge in [-0.3, -0.25) is 14.4 Å². The van der Waals surface area contributed by atoms with Crippen molar-refractivity contribution in [3.05, 3.63) is 71.7 Å². The zero-order valence-corrected chi connectivity index (χ0v) is 20.2. The first-order valence-electron chi connectivity index (χ1n) is 10.5. The number of aromatic nitrogens is 5. The number of hydrogen-bond acceptors (Lipinski definition) is 7. The van der Waals surface area contributed by atoms with Crippen LogP contribution in [0.1, 0.15) is 16.7 Å². The second kappa shape index (κ2) is 8.92. The maximum atomic E-state index is 13.5. The van der Waals surface area contributed by atoms with Gasteiger partial charge in [0.25, 0.3) is 0 Å². The first kappa shape index (κ1) is 21.5. The van der Waals surface area contributed by atoms with Gasteiger partial charge in [0.15, 0.2) is 10.8 Å². The van der Waals surface area contributed by atoms with Gasteiger partial charge in [0.05, 0.1) is 34.1 Å². The second-order valence-corrected chi connectivity index (χ2v) is 9.76. The van der Waals surface area contributed by atoms with Crippen molar-refractivity contribution in [2.75, 3.05) is 10.7 Å². The fraction of sp³-hybridized carbons (Fsp3) is 0.208. The molecule has 0 aliphatic heterocycles. The lowest BCUT2D eigenvalue weighted by molar-refractivity contribution is -0.116. The molecule has 0 fully saturated rings. The predicted molar refractivity (Wildman–Crippen MR) is 134 cm³/mol. The number of rotatable bonds is 6. The highest BCUT2D eigenvalue weighted by Crippen LogP contribution is 2.33. The van der Waals surface area contributed by atoms with Crippen LogP contribution in [0.5, 0.6) is 0 Å². The van der Waals surface area contributed by atoms with Gasteiger partial charge in [0, 0.05) is 7.05 Å². The Morgan fingerprint density at radius 1 is 1.12 bits per heavy atom. The van der Waals surface area contributed by atoms with Gasteiger partial charge in [-0.25, -0.2) is 15.0 Å². The van der Waals surface area contributed by atoms with Crippen molar-refractivity contribution in [1.82, 2.24) is 24.7 Å². The summed E-state index contributed by atoms with van der Waals surface area (Å²) < 4.78 is 2.79. The lowest BCUT2D eigenvalue weighted by atomic mass is 10.1. The number of thiazole rings is 1. The summed E-state index contributed by atoms with van der Waals surface area (Å²) in [5, 5.41) is 6.56. The van der Waals surface area contributed by atoms with Crippen molar-refractivity contribution in [2.24, 2.45) is 7.05 Å². The molecule has 166 valence electrons. The van der Waals surface area contributed by atoms with Gasteiger partial charge in [-0.1, -0.05) is 59.5 Å². The van der Waals surface area contributed by atoms with Crippen LogP contribution in [0, 0.1) is 13.8 Å². The average Bonchev–Trinajstić information content (AvgIpc) is 3.44. The van der Waals surface area contributed by atoms with Gasteiger partial charge in [-0.15, -0.1) is 0 Å². The van der Waals surface area contributed by atoms with E-state index in [-0.39, 0.29) is 11.7 Å². The van der Waals surface area contributed by atoms with E-state index in [1.54, 1.807) is 27.1 Å². The van der Waals surface area contributed by atoms with Crippen LogP contribution in [0.3, 0.4) is 0 Å². The predicted octanol–water partition coefficient (Wildman–Crippen LogP) is 4.92. The molecule has 0 aliphatic carbocycles. The molecule has 7 nitrogen and oxygen atoms in total. The molecule has 33 heavy (non-hydrogen) atoms. The number of carbonyl (C=O) groups is 1. The first-order chi connectivity index (χ1) is 16.0. The van der Waals surface area contributed by atoms with E-state index in [4.69, 9.17) is 4.98 Å². The Labute approximate surface area is 199 Å². The van der Waals surface area contributed by atoms with Crippen LogP contribution >= 0.6 is 23.1 Å². The molecule has 0 aliphatic rings. The first-order valence-corrected chi connectivity index (χ1v) is 12.3. The molecule has 3 aromatic heterocycles. The zero-order valence-electron chi connectivity index (χ0n) is 18.5. The largest absolute Gasteiger partial charge is 0.283 e. The van der Waals surface area contributed by atoms with E-state index in [2.05, 4.69) is 41.0 Å². The topological polar surface area (TPSA) is 76.8 Å². The van der Waals surface area contributed by atoms with E-state index in [1.165, 1.54) is 23.7 Å². The quantitative estimate of drug-likeness (QED) is 0.257. The molecule has 0 bridgehead atoms. The van der Waals surface area contributed by atoms with E-state index in [0.29, 0.717) is 11.7 Å². The summed E-state index contributed by atoms with van der Waals surface area (Å²) in [5.41, 5.74) is 5.11. The van der Waals surface area contributed by atoms with Crippen molar-refractivity contribution in [2.45, 2.75) is 25.4 Å². The van der Waals surface area contributed by atoms with E-state index in [1.807, 2.05) is 37.4 Å². The molecule has 0 saturated heterocycles. The number of hydrogen-bond donors (Lipinski definition) is 0. The molecule has 2 aromatic carbocycles. The van der Waals surface area contributed by atoms with Crippen LogP contribution in [0.4, 0.5) is 5.13 Å². The van der Waals surface area contributed by atoms with Crippen LogP contribution in [0.2, 0.25) is 0 Å². The Kier molecular flexibility index (Phi) is 5.82. The number of anilines is 1. The zero-order chi connectivity index (χ0) is 22.9. The monoisotopic (exact) mass is 474 g/mol. The number of amides is 1. The number of thioether (sulfide) groups is 1. The number of aryl methyl sites for hydroxylation is 3. The summed E-state index contributed by atoms with van der Waals surface area (Å²) in [4.78, 5) is 28.8. The Balaban J connectivity index is 1.46. The number of benzene rings is 2. The third-order valence-corrected chi connectivity index (χ3v) is 7.65. The SMILES string of the molecule is Cc1ccc2sc(N(Cc3ccccc3)C(=O)CSc3ncnc4c3cnn4C)nc2c1C. The van der Waals surface area contributed by atoms with Crippen molar-refractivity contribution in [3.8, 4) is 0 Å². The van der Waals surface area contributed by atoms with E-state index in [9.17, 15) is 4.79 Å². The van der Waals surface area contributed by atoms with Crippen LogP contribution in [-0.2, 0) is 18.4 Å². The van der Waals surface area contributed by atoms with Gasteiger partial charge in [0.2, 0.25) is 5.91 Å². The second-order valence-electron chi connectivity index (χ2n) is 7.79. The van der Waals surface area contributed by atoms with Crippen molar-refractivity contribution >= 4 is 55.4 Å². The summed E-state index contributed by atoms with van der Waals surface area (Å²) in [7, 11) is 1.84. The molecule has 1 amide bonds. The maximum absolute atomic E-state index is 13.5. The van der Waals surface area contributed by atoms with Crippen molar-refractivity contribution in [1.29, 1.82) is 0 Å². The highest BCUT2D eigenvalue weighted by Gasteiger charge is 2.22. The molecule has 0 saturated carbocycles. The number of nitrogens with zero attached hydrogens (tertiary/aromatic N) is 6. The average molecular weight is 475 g/mol. The Bertz CT molecular complexity index is 1460. The van der Waals surface area contributed by atoms with Gasteiger partial charge < -0.3 is 0 Å². The normalized spacial score (nSPS) is 11.4. The lowest BCUT2D eigenvalue weighted by Crippen LogP contribution is -2.31. The summed E-state index contributed by atoms with van der Waals surface area (Å²) in [5.74, 6) is 0.217. The molecular formula is C24H22N6OS2. The summed E-state index contributed by atoms with van der Waals surface area (Å²) in [6.07, 6.45) is 3.25. The molecular weight excluding hydrogens is 452 g/mol. The molecule has 0 atom stereocenters. The third-order valence-electron chi connectivity index (χ3n) is 5.61. The van der Waals surface area contributed by atoms with Gasteiger partial charge in [0.1, 0.15) is 11.4 Å². The summed E-state index contributed by atoms with van der Waals surface area (Å²) in [6, 6.07) is 14.2. The molecule has 0 N–H and O–H groups in total. The maximum Gasteiger partial charge on any atom is 0.239 e. The third kappa shape index (κ3) is 4.21. The molecule has 0 spiro atoms. The summed E-state index contributed by atoms with van der Waals surface area (Å²) in [6.45, 7) is 4.62. The van der Waals surface area contributed by atoms with Crippen LogP contribution in [0.15, 0.2) is 60.0 Å². The van der Waals surface area contributed by atoms with Crippen LogP contribution in [-0.4, -0.2) is 36.4 Å². The Morgan fingerprint density at radius 3 is 2.76 bits per heavy atom. The number of carbonyl (C=O) groups excluding carboxylic acids is 1. The van der Waals surface area contributed by atoms with Gasteiger partial charge in [-0.2, -0.15) is 5.10 Å². The van der Waals surface area contributed by atoms with E-state index in [0.717, 1.165) is 37.4 Å². The highest BCUT2D eigenvalue weighted by atomic mass is 32.2.